The normalized spacial score (nSPS) is 23.2. The van der Waals surface area contributed by atoms with Gasteiger partial charge in [0.1, 0.15) is 0 Å². The van der Waals surface area contributed by atoms with Crippen LogP contribution in [0.1, 0.15) is 0 Å². The summed E-state index contributed by atoms with van der Waals surface area (Å²) in [5.74, 6) is 0.789. The Morgan fingerprint density at radius 1 is 1.57 bits per heavy atom. The minimum Gasteiger partial charge on any atom is -0.389 e. The van der Waals surface area contributed by atoms with Gasteiger partial charge in [0.05, 0.1) is 19.3 Å². The molecule has 1 aromatic heterocycles. The zero-order valence-electron chi connectivity index (χ0n) is 7.83. The molecule has 1 fully saturated rings. The van der Waals surface area contributed by atoms with Crippen molar-refractivity contribution >= 4 is 5.82 Å². The number of hydrogen-bond acceptors (Lipinski definition) is 5. The van der Waals surface area contributed by atoms with Crippen molar-refractivity contribution < 1.29 is 9.84 Å². The van der Waals surface area contributed by atoms with Gasteiger partial charge < -0.3 is 14.7 Å². The van der Waals surface area contributed by atoms with E-state index in [1.165, 1.54) is 0 Å². The van der Waals surface area contributed by atoms with E-state index in [4.69, 9.17) is 4.74 Å². The van der Waals surface area contributed by atoms with Crippen molar-refractivity contribution in [3.8, 4) is 0 Å². The van der Waals surface area contributed by atoms with Gasteiger partial charge in [-0.3, -0.25) is 0 Å². The number of β-amino-alcohol motifs (C(OH)–C–C–N with tert-alkyl or cyclic N) is 1. The molecular formula is C9H13N3O2. The highest BCUT2D eigenvalue weighted by Gasteiger charge is 2.17. The van der Waals surface area contributed by atoms with Crippen LogP contribution in [0.2, 0.25) is 0 Å². The lowest BCUT2D eigenvalue weighted by Crippen LogP contribution is -2.33. The first-order chi connectivity index (χ1) is 6.86. The summed E-state index contributed by atoms with van der Waals surface area (Å²) in [6.07, 6.45) is 1.19. The lowest BCUT2D eigenvalue weighted by atomic mass is 10.3. The molecule has 0 aliphatic carbocycles. The molecule has 0 bridgehead atoms. The Kier molecular flexibility index (Phi) is 2.90. The van der Waals surface area contributed by atoms with Gasteiger partial charge in [-0.2, -0.15) is 5.10 Å². The fourth-order valence-electron chi connectivity index (χ4n) is 1.46. The third-order valence-corrected chi connectivity index (χ3v) is 2.13. The molecule has 0 amide bonds. The van der Waals surface area contributed by atoms with Gasteiger partial charge in [0, 0.05) is 19.3 Å². The Morgan fingerprint density at radius 2 is 2.50 bits per heavy atom. The second-order valence-corrected chi connectivity index (χ2v) is 3.26. The van der Waals surface area contributed by atoms with Crippen LogP contribution in [0.3, 0.4) is 0 Å². The summed E-state index contributed by atoms with van der Waals surface area (Å²) in [7, 11) is 0. The highest BCUT2D eigenvalue weighted by molar-refractivity contribution is 5.36. The van der Waals surface area contributed by atoms with Crippen molar-refractivity contribution in [2.75, 3.05) is 31.2 Å². The van der Waals surface area contributed by atoms with Gasteiger partial charge in [0.25, 0.3) is 0 Å². The topological polar surface area (TPSA) is 58.5 Å². The number of aliphatic hydroxyl groups excluding tert-OH is 1. The summed E-state index contributed by atoms with van der Waals surface area (Å²) in [6, 6.07) is 3.71. The first kappa shape index (κ1) is 9.36. The number of hydrogen-bond donors (Lipinski definition) is 1. The van der Waals surface area contributed by atoms with Crippen LogP contribution < -0.4 is 4.90 Å². The molecule has 1 atom stereocenters. The molecule has 5 heteroatoms. The summed E-state index contributed by atoms with van der Waals surface area (Å²) >= 11 is 0. The fraction of sp³-hybridized carbons (Fsp3) is 0.556. The molecule has 1 unspecified atom stereocenters. The molecule has 0 radical (unpaired) electrons. The Hall–Kier alpha value is -1.20. The standard InChI is InChI=1S/C9H13N3O2/c13-8-6-12(4-5-14-7-8)9-2-1-3-10-11-9/h1-3,8,13H,4-7H2. The quantitative estimate of drug-likeness (QED) is 0.665. The summed E-state index contributed by atoms with van der Waals surface area (Å²) in [6.45, 7) is 2.32. The van der Waals surface area contributed by atoms with Crippen LogP contribution in [0.25, 0.3) is 0 Å². The summed E-state index contributed by atoms with van der Waals surface area (Å²) in [5.41, 5.74) is 0. The van der Waals surface area contributed by atoms with Crippen molar-refractivity contribution in [2.24, 2.45) is 0 Å². The van der Waals surface area contributed by atoms with E-state index in [2.05, 4.69) is 10.2 Å². The van der Waals surface area contributed by atoms with Crippen LogP contribution in [-0.4, -0.2) is 47.7 Å². The van der Waals surface area contributed by atoms with E-state index in [0.717, 1.165) is 12.4 Å². The van der Waals surface area contributed by atoms with Gasteiger partial charge in [-0.05, 0) is 12.1 Å². The van der Waals surface area contributed by atoms with Crippen LogP contribution in [0.4, 0.5) is 5.82 Å². The maximum Gasteiger partial charge on any atom is 0.151 e. The fourth-order valence-corrected chi connectivity index (χ4v) is 1.46. The Labute approximate surface area is 82.3 Å². The van der Waals surface area contributed by atoms with Crippen LogP contribution in [-0.2, 0) is 4.74 Å². The molecule has 5 nitrogen and oxygen atoms in total. The molecule has 2 rings (SSSR count). The van der Waals surface area contributed by atoms with Crippen molar-refractivity contribution in [1.82, 2.24) is 10.2 Å². The van der Waals surface area contributed by atoms with Crippen molar-refractivity contribution in [3.63, 3.8) is 0 Å². The second-order valence-electron chi connectivity index (χ2n) is 3.26. The summed E-state index contributed by atoms with van der Waals surface area (Å²) in [5, 5.41) is 17.3. The Bertz CT molecular complexity index is 281. The minimum absolute atomic E-state index is 0.400. The highest BCUT2D eigenvalue weighted by atomic mass is 16.5. The molecule has 1 aliphatic rings. The van der Waals surface area contributed by atoms with E-state index in [1.54, 1.807) is 6.20 Å². The average Bonchev–Trinajstić information content (AvgIpc) is 2.44. The molecule has 76 valence electrons. The van der Waals surface area contributed by atoms with Crippen LogP contribution >= 0.6 is 0 Å². The van der Waals surface area contributed by atoms with E-state index < -0.39 is 6.10 Å². The first-order valence-corrected chi connectivity index (χ1v) is 4.65. The predicted octanol–water partition coefficient (Wildman–Crippen LogP) is -0.326. The molecule has 1 N–H and O–H groups in total. The van der Waals surface area contributed by atoms with E-state index >= 15 is 0 Å². The number of nitrogens with zero attached hydrogens (tertiary/aromatic N) is 3. The predicted molar refractivity (Wildman–Crippen MR) is 51.1 cm³/mol. The molecular weight excluding hydrogens is 182 g/mol. The Morgan fingerprint density at radius 3 is 3.29 bits per heavy atom. The average molecular weight is 195 g/mol. The van der Waals surface area contributed by atoms with Crippen LogP contribution in [0, 0.1) is 0 Å². The SMILES string of the molecule is OC1COCCN(c2cccnn2)C1. The minimum atomic E-state index is -0.445. The summed E-state index contributed by atoms with van der Waals surface area (Å²) in [4.78, 5) is 1.98. The van der Waals surface area contributed by atoms with E-state index in [-0.39, 0.29) is 0 Å². The lowest BCUT2D eigenvalue weighted by molar-refractivity contribution is 0.0597. The van der Waals surface area contributed by atoms with Gasteiger partial charge in [-0.25, -0.2) is 0 Å². The largest absolute Gasteiger partial charge is 0.389 e. The first-order valence-electron chi connectivity index (χ1n) is 4.65. The maximum absolute atomic E-state index is 9.51. The summed E-state index contributed by atoms with van der Waals surface area (Å²) < 4.78 is 5.22. The zero-order valence-corrected chi connectivity index (χ0v) is 7.83. The smallest absolute Gasteiger partial charge is 0.151 e. The molecule has 0 aromatic carbocycles. The van der Waals surface area contributed by atoms with E-state index in [1.807, 2.05) is 17.0 Å². The van der Waals surface area contributed by atoms with Crippen molar-refractivity contribution in [2.45, 2.75) is 6.10 Å². The molecule has 1 saturated heterocycles. The van der Waals surface area contributed by atoms with E-state index in [0.29, 0.717) is 19.8 Å². The lowest BCUT2D eigenvalue weighted by Gasteiger charge is -2.21. The molecule has 2 heterocycles. The molecule has 1 aliphatic heterocycles. The molecule has 0 spiro atoms. The molecule has 1 aromatic rings. The van der Waals surface area contributed by atoms with Crippen molar-refractivity contribution in [3.05, 3.63) is 18.3 Å². The van der Waals surface area contributed by atoms with Gasteiger partial charge in [-0.1, -0.05) is 0 Å². The van der Waals surface area contributed by atoms with Crippen LogP contribution in [0.5, 0.6) is 0 Å². The number of rotatable bonds is 1. The second kappa shape index (κ2) is 4.34. The Balaban J connectivity index is 2.09. The number of anilines is 1. The van der Waals surface area contributed by atoms with Gasteiger partial charge in [0.15, 0.2) is 5.82 Å². The van der Waals surface area contributed by atoms with Gasteiger partial charge >= 0.3 is 0 Å². The van der Waals surface area contributed by atoms with Gasteiger partial charge in [0.2, 0.25) is 0 Å². The van der Waals surface area contributed by atoms with E-state index in [9.17, 15) is 5.11 Å². The highest BCUT2D eigenvalue weighted by Crippen LogP contribution is 2.10. The molecule has 14 heavy (non-hydrogen) atoms. The third kappa shape index (κ3) is 2.18. The van der Waals surface area contributed by atoms with Crippen molar-refractivity contribution in [1.29, 1.82) is 0 Å². The third-order valence-electron chi connectivity index (χ3n) is 2.13. The number of ether oxygens (including phenoxy) is 1. The zero-order chi connectivity index (χ0) is 9.80. The number of aromatic nitrogens is 2. The number of aliphatic hydroxyl groups is 1. The molecule has 0 saturated carbocycles. The maximum atomic E-state index is 9.51. The van der Waals surface area contributed by atoms with Crippen LogP contribution in [0.15, 0.2) is 18.3 Å². The monoisotopic (exact) mass is 195 g/mol. The van der Waals surface area contributed by atoms with Gasteiger partial charge in [-0.15, -0.1) is 5.10 Å².